The molecule has 2 unspecified atom stereocenters. The van der Waals surface area contributed by atoms with Crippen molar-refractivity contribution in [3.63, 3.8) is 0 Å². The van der Waals surface area contributed by atoms with Gasteiger partial charge in [0.25, 0.3) is 0 Å². The molecule has 1 rings (SSSR count). The smallest absolute Gasteiger partial charge is 0.328 e. The summed E-state index contributed by atoms with van der Waals surface area (Å²) in [5, 5.41) is 3.12. The largest absolute Gasteiger partial charge is 0.468 e. The van der Waals surface area contributed by atoms with E-state index in [1.54, 1.807) is 7.05 Å². The Morgan fingerprint density at radius 1 is 1.41 bits per heavy atom. The predicted octanol–water partition coefficient (Wildman–Crippen LogP) is 1.59. The van der Waals surface area contributed by atoms with Gasteiger partial charge >= 0.3 is 5.97 Å². The molecule has 0 spiro atoms. The van der Waals surface area contributed by atoms with Crippen LogP contribution in [-0.2, 0) is 14.3 Å². The summed E-state index contributed by atoms with van der Waals surface area (Å²) in [6.45, 7) is 6.65. The standard InChI is InChI=1S/C13H25NO3/c1-9(2)10(3)17-8-13(14-4,11-6-7-11)12(15)16-5/h9-11,14H,6-8H2,1-5H3. The number of hydrogen-bond donors (Lipinski definition) is 1. The zero-order valence-electron chi connectivity index (χ0n) is 11.6. The molecule has 0 aromatic heterocycles. The number of nitrogens with one attached hydrogen (secondary N) is 1. The molecule has 1 fully saturated rings. The van der Waals surface area contributed by atoms with Crippen molar-refractivity contribution >= 4 is 5.97 Å². The maximum atomic E-state index is 12.0. The minimum atomic E-state index is -0.655. The third-order valence-electron chi connectivity index (χ3n) is 3.78. The van der Waals surface area contributed by atoms with E-state index in [9.17, 15) is 4.79 Å². The van der Waals surface area contributed by atoms with Gasteiger partial charge in [0, 0.05) is 0 Å². The Bertz CT molecular complexity index is 263. The van der Waals surface area contributed by atoms with Gasteiger partial charge in [0.1, 0.15) is 5.54 Å². The molecule has 17 heavy (non-hydrogen) atoms. The Morgan fingerprint density at radius 3 is 2.35 bits per heavy atom. The van der Waals surface area contributed by atoms with Crippen molar-refractivity contribution in [1.82, 2.24) is 5.32 Å². The highest BCUT2D eigenvalue weighted by molar-refractivity contribution is 5.82. The molecular formula is C13H25NO3. The van der Waals surface area contributed by atoms with Crippen molar-refractivity contribution in [1.29, 1.82) is 0 Å². The fraction of sp³-hybridized carbons (Fsp3) is 0.923. The lowest BCUT2D eigenvalue weighted by Crippen LogP contribution is -2.57. The maximum absolute atomic E-state index is 12.0. The number of carbonyl (C=O) groups is 1. The van der Waals surface area contributed by atoms with Crippen LogP contribution in [0.25, 0.3) is 0 Å². The molecule has 1 aliphatic carbocycles. The molecule has 0 radical (unpaired) electrons. The molecule has 0 bridgehead atoms. The number of carbonyl (C=O) groups excluding carboxylic acids is 1. The highest BCUT2D eigenvalue weighted by Gasteiger charge is 2.51. The predicted molar refractivity (Wildman–Crippen MR) is 66.8 cm³/mol. The van der Waals surface area contributed by atoms with Crippen LogP contribution >= 0.6 is 0 Å². The molecular weight excluding hydrogens is 218 g/mol. The van der Waals surface area contributed by atoms with E-state index < -0.39 is 5.54 Å². The molecule has 2 atom stereocenters. The minimum absolute atomic E-state index is 0.145. The summed E-state index contributed by atoms with van der Waals surface area (Å²) < 4.78 is 10.7. The van der Waals surface area contributed by atoms with Gasteiger partial charge in [0.05, 0.1) is 19.8 Å². The van der Waals surface area contributed by atoms with Crippen LogP contribution in [0.1, 0.15) is 33.6 Å². The highest BCUT2D eigenvalue weighted by Crippen LogP contribution is 2.40. The number of likely N-dealkylation sites (N-methyl/N-ethyl adjacent to an activating group) is 1. The SMILES string of the molecule is CNC(COC(C)C(C)C)(C(=O)OC)C1CC1. The molecule has 100 valence electrons. The average Bonchev–Trinajstić information content (AvgIpc) is 3.14. The second kappa shape index (κ2) is 5.83. The Kier molecular flexibility index (Phi) is 4.95. The van der Waals surface area contributed by atoms with Gasteiger partial charge in [-0.05, 0) is 38.6 Å². The summed E-state index contributed by atoms with van der Waals surface area (Å²) in [6, 6.07) is 0. The minimum Gasteiger partial charge on any atom is -0.468 e. The lowest BCUT2D eigenvalue weighted by Gasteiger charge is -2.32. The molecule has 0 aromatic rings. The van der Waals surface area contributed by atoms with E-state index in [4.69, 9.17) is 9.47 Å². The molecule has 0 saturated heterocycles. The molecule has 0 aromatic carbocycles. The van der Waals surface area contributed by atoms with E-state index >= 15 is 0 Å². The first-order chi connectivity index (χ1) is 7.97. The third kappa shape index (κ3) is 3.19. The second-order valence-electron chi connectivity index (χ2n) is 5.25. The molecule has 0 amide bonds. The van der Waals surface area contributed by atoms with Crippen LogP contribution < -0.4 is 5.32 Å². The van der Waals surface area contributed by atoms with E-state index in [0.717, 1.165) is 12.8 Å². The summed E-state index contributed by atoms with van der Waals surface area (Å²) in [6.07, 6.45) is 2.27. The van der Waals surface area contributed by atoms with Crippen molar-refractivity contribution in [2.24, 2.45) is 11.8 Å². The van der Waals surface area contributed by atoms with Gasteiger partial charge in [0.15, 0.2) is 0 Å². The van der Waals surface area contributed by atoms with Gasteiger partial charge < -0.3 is 14.8 Å². The summed E-state index contributed by atoms with van der Waals surface area (Å²) in [4.78, 5) is 12.0. The average molecular weight is 243 g/mol. The van der Waals surface area contributed by atoms with Gasteiger partial charge in [-0.25, -0.2) is 4.79 Å². The van der Waals surface area contributed by atoms with Crippen LogP contribution in [0.5, 0.6) is 0 Å². The van der Waals surface area contributed by atoms with Crippen LogP contribution in [0, 0.1) is 11.8 Å². The number of methoxy groups -OCH3 is 1. The summed E-state index contributed by atoms with van der Waals surface area (Å²) >= 11 is 0. The van der Waals surface area contributed by atoms with Crippen molar-refractivity contribution in [3.05, 3.63) is 0 Å². The second-order valence-corrected chi connectivity index (χ2v) is 5.25. The third-order valence-corrected chi connectivity index (χ3v) is 3.78. The van der Waals surface area contributed by atoms with Crippen LogP contribution in [-0.4, -0.2) is 38.4 Å². The highest BCUT2D eigenvalue weighted by atomic mass is 16.5. The Hall–Kier alpha value is -0.610. The molecule has 1 N–H and O–H groups in total. The topological polar surface area (TPSA) is 47.6 Å². The first-order valence-corrected chi connectivity index (χ1v) is 6.36. The van der Waals surface area contributed by atoms with Crippen molar-refractivity contribution in [2.45, 2.75) is 45.3 Å². The van der Waals surface area contributed by atoms with E-state index in [2.05, 4.69) is 19.2 Å². The molecule has 4 nitrogen and oxygen atoms in total. The fourth-order valence-corrected chi connectivity index (χ4v) is 1.94. The van der Waals surface area contributed by atoms with E-state index in [1.165, 1.54) is 7.11 Å². The lowest BCUT2D eigenvalue weighted by atomic mass is 9.94. The zero-order chi connectivity index (χ0) is 13.1. The van der Waals surface area contributed by atoms with Crippen molar-refractivity contribution in [2.75, 3.05) is 20.8 Å². The first kappa shape index (κ1) is 14.5. The quantitative estimate of drug-likeness (QED) is 0.690. The van der Waals surface area contributed by atoms with Crippen molar-refractivity contribution in [3.8, 4) is 0 Å². The monoisotopic (exact) mass is 243 g/mol. The molecule has 0 heterocycles. The van der Waals surface area contributed by atoms with Gasteiger partial charge in [-0.2, -0.15) is 0 Å². The Labute approximate surface area is 104 Å². The number of rotatable bonds is 7. The first-order valence-electron chi connectivity index (χ1n) is 6.36. The normalized spacial score (nSPS) is 21.1. The molecule has 0 aliphatic heterocycles. The summed E-state index contributed by atoms with van der Waals surface area (Å²) in [7, 11) is 3.24. The van der Waals surface area contributed by atoms with Gasteiger partial charge in [-0.1, -0.05) is 13.8 Å². The summed E-state index contributed by atoms with van der Waals surface area (Å²) in [5.41, 5.74) is -0.655. The van der Waals surface area contributed by atoms with Crippen LogP contribution in [0.3, 0.4) is 0 Å². The van der Waals surface area contributed by atoms with Crippen LogP contribution in [0.15, 0.2) is 0 Å². The molecule has 1 saturated carbocycles. The van der Waals surface area contributed by atoms with Gasteiger partial charge in [-0.15, -0.1) is 0 Å². The number of ether oxygens (including phenoxy) is 2. The summed E-state index contributed by atoms with van der Waals surface area (Å²) in [5.74, 6) is 0.583. The Morgan fingerprint density at radius 2 is 2.00 bits per heavy atom. The number of hydrogen-bond acceptors (Lipinski definition) is 4. The molecule has 4 heteroatoms. The van der Waals surface area contributed by atoms with Gasteiger partial charge in [0.2, 0.25) is 0 Å². The Balaban J connectivity index is 2.66. The van der Waals surface area contributed by atoms with E-state index in [1.807, 2.05) is 6.92 Å². The fourth-order valence-electron chi connectivity index (χ4n) is 1.94. The van der Waals surface area contributed by atoms with E-state index in [-0.39, 0.29) is 12.1 Å². The van der Waals surface area contributed by atoms with Gasteiger partial charge in [-0.3, -0.25) is 0 Å². The van der Waals surface area contributed by atoms with E-state index in [0.29, 0.717) is 18.4 Å². The zero-order valence-corrected chi connectivity index (χ0v) is 11.6. The van der Waals surface area contributed by atoms with Crippen molar-refractivity contribution < 1.29 is 14.3 Å². The lowest BCUT2D eigenvalue weighted by molar-refractivity contribution is -0.154. The van der Waals surface area contributed by atoms with Crippen LogP contribution in [0.2, 0.25) is 0 Å². The number of esters is 1. The maximum Gasteiger partial charge on any atom is 0.328 e. The molecule has 1 aliphatic rings. The van der Waals surface area contributed by atoms with Crippen LogP contribution in [0.4, 0.5) is 0 Å².